The molecular formula is C21H28. The van der Waals surface area contributed by atoms with Crippen LogP contribution in [0.1, 0.15) is 45.7 Å². The van der Waals surface area contributed by atoms with Gasteiger partial charge in [-0.2, -0.15) is 0 Å². The predicted molar refractivity (Wildman–Crippen MR) is 97.5 cm³/mol. The van der Waals surface area contributed by atoms with Gasteiger partial charge >= 0.3 is 0 Å². The SMILES string of the molecule is CC.CC.CC=CC=C(c1ccccc1)c1ccccc1. The fourth-order valence-corrected chi connectivity index (χ4v) is 1.79. The van der Waals surface area contributed by atoms with E-state index in [2.05, 4.69) is 60.7 Å². The van der Waals surface area contributed by atoms with Gasteiger partial charge in [0.25, 0.3) is 0 Å². The summed E-state index contributed by atoms with van der Waals surface area (Å²) in [5.74, 6) is 0. The Balaban J connectivity index is 0.000000921. The summed E-state index contributed by atoms with van der Waals surface area (Å²) in [4.78, 5) is 0. The van der Waals surface area contributed by atoms with Crippen molar-refractivity contribution in [3.8, 4) is 0 Å². The highest BCUT2D eigenvalue weighted by atomic mass is 14.1. The van der Waals surface area contributed by atoms with E-state index in [4.69, 9.17) is 0 Å². The van der Waals surface area contributed by atoms with Gasteiger partial charge in [-0.3, -0.25) is 0 Å². The first kappa shape index (κ1) is 18.9. The highest BCUT2D eigenvalue weighted by Gasteiger charge is 2.02. The second-order valence-corrected chi connectivity index (χ2v) is 3.84. The van der Waals surface area contributed by atoms with E-state index < -0.39 is 0 Å². The summed E-state index contributed by atoms with van der Waals surface area (Å²) in [7, 11) is 0. The molecule has 0 saturated heterocycles. The van der Waals surface area contributed by atoms with Gasteiger partial charge in [0.05, 0.1) is 0 Å². The topological polar surface area (TPSA) is 0 Å². The Bertz CT molecular complexity index is 463. The first-order valence-corrected chi connectivity index (χ1v) is 7.85. The van der Waals surface area contributed by atoms with E-state index in [1.807, 2.05) is 52.8 Å². The molecule has 2 aromatic rings. The largest absolute Gasteiger partial charge is 0.0876 e. The molecule has 0 spiro atoms. The van der Waals surface area contributed by atoms with E-state index in [-0.39, 0.29) is 0 Å². The second-order valence-electron chi connectivity index (χ2n) is 3.84. The van der Waals surface area contributed by atoms with Crippen LogP contribution in [0.15, 0.2) is 78.9 Å². The maximum absolute atomic E-state index is 2.16. The Hall–Kier alpha value is -2.08. The summed E-state index contributed by atoms with van der Waals surface area (Å²) in [5, 5.41) is 0. The molecule has 2 rings (SSSR count). The monoisotopic (exact) mass is 280 g/mol. The van der Waals surface area contributed by atoms with Gasteiger partial charge in [0.15, 0.2) is 0 Å². The molecule has 0 N–H and O–H groups in total. The maximum atomic E-state index is 2.16. The molecule has 112 valence electrons. The van der Waals surface area contributed by atoms with Gasteiger partial charge in [0.2, 0.25) is 0 Å². The van der Waals surface area contributed by atoms with E-state index in [1.54, 1.807) is 0 Å². The molecule has 0 aliphatic carbocycles. The summed E-state index contributed by atoms with van der Waals surface area (Å²) in [6.45, 7) is 10.0. The first-order chi connectivity index (χ1) is 10.4. The zero-order valence-corrected chi connectivity index (χ0v) is 14.0. The summed E-state index contributed by atoms with van der Waals surface area (Å²) >= 11 is 0. The smallest absolute Gasteiger partial charge is 0.0112 e. The third-order valence-electron chi connectivity index (χ3n) is 2.62. The van der Waals surface area contributed by atoms with Crippen molar-refractivity contribution in [3.05, 3.63) is 90.0 Å². The van der Waals surface area contributed by atoms with E-state index in [0.717, 1.165) is 0 Å². The standard InChI is InChI=1S/C17H16.2C2H6/c1-2-3-14-17(15-10-6-4-7-11-15)16-12-8-5-9-13-16;2*1-2/h2-14H,1H3;2*1-2H3. The molecule has 0 nitrogen and oxygen atoms in total. The Morgan fingerprint density at radius 2 is 1.05 bits per heavy atom. The van der Waals surface area contributed by atoms with Gasteiger partial charge in [-0.05, 0) is 23.6 Å². The molecule has 0 heteroatoms. The lowest BCUT2D eigenvalue weighted by Crippen LogP contribution is -1.86. The minimum absolute atomic E-state index is 1.25. The van der Waals surface area contributed by atoms with Crippen LogP contribution >= 0.6 is 0 Å². The van der Waals surface area contributed by atoms with Crippen LogP contribution in [0.2, 0.25) is 0 Å². The van der Waals surface area contributed by atoms with Crippen molar-refractivity contribution in [1.82, 2.24) is 0 Å². The van der Waals surface area contributed by atoms with Crippen LogP contribution in [0.4, 0.5) is 0 Å². The molecule has 0 aliphatic heterocycles. The maximum Gasteiger partial charge on any atom is -0.0112 e. The molecule has 0 fully saturated rings. The quantitative estimate of drug-likeness (QED) is 0.546. The van der Waals surface area contributed by atoms with Crippen molar-refractivity contribution in [2.24, 2.45) is 0 Å². The zero-order valence-electron chi connectivity index (χ0n) is 14.0. The Kier molecular flexibility index (Phi) is 11.6. The minimum Gasteiger partial charge on any atom is -0.0876 e. The van der Waals surface area contributed by atoms with Gasteiger partial charge < -0.3 is 0 Å². The molecule has 0 aromatic heterocycles. The average molecular weight is 280 g/mol. The molecule has 0 unspecified atom stereocenters. The van der Waals surface area contributed by atoms with E-state index in [0.29, 0.717) is 0 Å². The highest BCUT2D eigenvalue weighted by molar-refractivity contribution is 5.80. The summed E-state index contributed by atoms with van der Waals surface area (Å²) in [6, 6.07) is 20.9. The second kappa shape index (κ2) is 12.9. The van der Waals surface area contributed by atoms with E-state index >= 15 is 0 Å². The lowest BCUT2D eigenvalue weighted by atomic mass is 9.97. The predicted octanol–water partition coefficient (Wildman–Crippen LogP) is 6.75. The van der Waals surface area contributed by atoms with Crippen LogP contribution in [-0.4, -0.2) is 0 Å². The van der Waals surface area contributed by atoms with Crippen molar-refractivity contribution in [2.75, 3.05) is 0 Å². The Morgan fingerprint density at radius 1 is 0.667 bits per heavy atom. The Morgan fingerprint density at radius 3 is 1.38 bits per heavy atom. The van der Waals surface area contributed by atoms with Gasteiger partial charge in [0, 0.05) is 0 Å². The molecular weight excluding hydrogens is 252 g/mol. The Labute approximate surface area is 130 Å². The molecule has 0 heterocycles. The van der Waals surface area contributed by atoms with Crippen molar-refractivity contribution in [2.45, 2.75) is 34.6 Å². The number of hydrogen-bond acceptors (Lipinski definition) is 0. The molecule has 21 heavy (non-hydrogen) atoms. The molecule has 0 aliphatic rings. The van der Waals surface area contributed by atoms with Crippen molar-refractivity contribution >= 4 is 5.57 Å². The summed E-state index contributed by atoms with van der Waals surface area (Å²) in [6.07, 6.45) is 6.28. The van der Waals surface area contributed by atoms with Gasteiger partial charge in [-0.1, -0.05) is 107 Å². The third kappa shape index (κ3) is 6.76. The van der Waals surface area contributed by atoms with Crippen LogP contribution in [-0.2, 0) is 0 Å². The van der Waals surface area contributed by atoms with Gasteiger partial charge in [-0.25, -0.2) is 0 Å². The molecule has 0 bridgehead atoms. The number of benzene rings is 2. The molecule has 0 atom stereocenters. The normalized spacial score (nSPS) is 9.00. The van der Waals surface area contributed by atoms with Crippen LogP contribution < -0.4 is 0 Å². The fourth-order valence-electron chi connectivity index (χ4n) is 1.79. The van der Waals surface area contributed by atoms with Crippen LogP contribution in [0.25, 0.3) is 5.57 Å². The molecule has 0 saturated carbocycles. The van der Waals surface area contributed by atoms with E-state index in [1.165, 1.54) is 16.7 Å². The minimum atomic E-state index is 1.25. The average Bonchev–Trinajstić information content (AvgIpc) is 2.61. The van der Waals surface area contributed by atoms with Crippen LogP contribution in [0.5, 0.6) is 0 Å². The van der Waals surface area contributed by atoms with Crippen molar-refractivity contribution < 1.29 is 0 Å². The fraction of sp³-hybridized carbons (Fsp3) is 0.238. The highest BCUT2D eigenvalue weighted by Crippen LogP contribution is 2.22. The van der Waals surface area contributed by atoms with Gasteiger partial charge in [0.1, 0.15) is 0 Å². The molecule has 0 radical (unpaired) electrons. The third-order valence-corrected chi connectivity index (χ3v) is 2.62. The first-order valence-electron chi connectivity index (χ1n) is 7.85. The molecule has 0 amide bonds. The van der Waals surface area contributed by atoms with Crippen LogP contribution in [0.3, 0.4) is 0 Å². The number of hydrogen-bond donors (Lipinski definition) is 0. The number of allylic oxidation sites excluding steroid dienone is 3. The van der Waals surface area contributed by atoms with Gasteiger partial charge in [-0.15, -0.1) is 0 Å². The van der Waals surface area contributed by atoms with E-state index in [9.17, 15) is 0 Å². The number of rotatable bonds is 3. The lowest BCUT2D eigenvalue weighted by molar-refractivity contribution is 1.50. The zero-order chi connectivity index (χ0) is 15.9. The van der Waals surface area contributed by atoms with Crippen LogP contribution in [0, 0.1) is 0 Å². The summed E-state index contributed by atoms with van der Waals surface area (Å²) < 4.78 is 0. The summed E-state index contributed by atoms with van der Waals surface area (Å²) in [5.41, 5.74) is 3.75. The lowest BCUT2D eigenvalue weighted by Gasteiger charge is -2.07. The van der Waals surface area contributed by atoms with Crippen molar-refractivity contribution in [1.29, 1.82) is 0 Å². The van der Waals surface area contributed by atoms with Crippen molar-refractivity contribution in [3.63, 3.8) is 0 Å². The molecule has 2 aromatic carbocycles.